The highest BCUT2D eigenvalue weighted by atomic mass is 16.5. The Kier molecular flexibility index (Phi) is 8.52. The van der Waals surface area contributed by atoms with Crippen LogP contribution < -0.4 is 24.3 Å². The maximum Gasteiger partial charge on any atom is 0.251 e. The van der Waals surface area contributed by atoms with Crippen LogP contribution in [0.5, 0.6) is 23.0 Å². The summed E-state index contributed by atoms with van der Waals surface area (Å²) in [5, 5.41) is 3.02. The van der Waals surface area contributed by atoms with E-state index in [9.17, 15) is 4.79 Å². The van der Waals surface area contributed by atoms with E-state index < -0.39 is 0 Å². The highest BCUT2D eigenvalue weighted by Gasteiger charge is 2.16. The molecule has 1 N–H and O–H groups in total. The summed E-state index contributed by atoms with van der Waals surface area (Å²) in [7, 11) is 1.60. The number of carbonyl (C=O) groups is 1. The van der Waals surface area contributed by atoms with Crippen LogP contribution in [0.1, 0.15) is 48.3 Å². The zero-order valence-electron chi connectivity index (χ0n) is 19.5. The van der Waals surface area contributed by atoms with E-state index in [1.165, 1.54) is 0 Å². The van der Waals surface area contributed by atoms with E-state index in [4.69, 9.17) is 18.9 Å². The van der Waals surface area contributed by atoms with E-state index in [0.717, 1.165) is 11.1 Å². The van der Waals surface area contributed by atoms with Gasteiger partial charge < -0.3 is 24.3 Å². The number of nitrogens with zero attached hydrogens (tertiary/aromatic N) is 1. The van der Waals surface area contributed by atoms with Crippen molar-refractivity contribution in [3.05, 3.63) is 77.6 Å². The number of hydrogen-bond acceptors (Lipinski definition) is 6. The number of benzene rings is 2. The second kappa shape index (κ2) is 11.8. The molecule has 3 aromatic rings. The van der Waals surface area contributed by atoms with E-state index in [2.05, 4.69) is 10.3 Å². The molecular weight excluding hydrogens is 420 g/mol. The lowest BCUT2D eigenvalue weighted by Crippen LogP contribution is -2.26. The van der Waals surface area contributed by atoms with Crippen LogP contribution in [-0.4, -0.2) is 31.2 Å². The van der Waals surface area contributed by atoms with Crippen LogP contribution in [0.2, 0.25) is 0 Å². The minimum Gasteiger partial charge on any atom is -0.493 e. The molecule has 1 atom stereocenters. The molecule has 0 saturated carbocycles. The van der Waals surface area contributed by atoms with Gasteiger partial charge in [0.15, 0.2) is 23.0 Å². The van der Waals surface area contributed by atoms with E-state index >= 15 is 0 Å². The summed E-state index contributed by atoms with van der Waals surface area (Å²) in [6, 6.07) is 14.4. The molecule has 33 heavy (non-hydrogen) atoms. The second-order valence-electron chi connectivity index (χ2n) is 7.28. The third kappa shape index (κ3) is 6.38. The number of pyridine rings is 1. The maximum atomic E-state index is 12.9. The SMILES string of the molecule is CCOc1ccc(C(C)NC(=O)c2ccc(OCc3cccnc3)c(OCC)c2)cc1OC. The van der Waals surface area contributed by atoms with Gasteiger partial charge in [-0.05, 0) is 62.7 Å². The standard InChI is InChI=1S/C26H30N2O5/c1-5-31-22-11-9-20(14-24(22)30-4)18(3)28-26(29)21-10-12-23(25(15-21)32-6-2)33-17-19-8-7-13-27-16-19/h7-16,18H,5-6,17H2,1-4H3,(H,28,29). The fraction of sp³-hybridized carbons (Fsp3) is 0.308. The van der Waals surface area contributed by atoms with Crippen LogP contribution in [0.3, 0.4) is 0 Å². The van der Waals surface area contributed by atoms with Gasteiger partial charge in [-0.1, -0.05) is 12.1 Å². The Hall–Kier alpha value is -3.74. The number of carbonyl (C=O) groups excluding carboxylic acids is 1. The van der Waals surface area contributed by atoms with E-state index in [1.54, 1.807) is 37.7 Å². The van der Waals surface area contributed by atoms with Crippen LogP contribution in [0, 0.1) is 0 Å². The molecule has 1 aromatic heterocycles. The Morgan fingerprint density at radius 3 is 2.36 bits per heavy atom. The Bertz CT molecular complexity index is 1060. The molecule has 0 bridgehead atoms. The number of amides is 1. The molecule has 7 nitrogen and oxygen atoms in total. The molecule has 7 heteroatoms. The van der Waals surface area contributed by atoms with Gasteiger partial charge in [0.1, 0.15) is 6.61 Å². The highest BCUT2D eigenvalue weighted by molar-refractivity contribution is 5.95. The number of aromatic nitrogens is 1. The number of ether oxygens (including phenoxy) is 4. The molecule has 0 aliphatic heterocycles. The molecule has 0 fully saturated rings. The number of methoxy groups -OCH3 is 1. The molecule has 1 heterocycles. The third-order valence-corrected chi connectivity index (χ3v) is 4.96. The average molecular weight is 451 g/mol. The summed E-state index contributed by atoms with van der Waals surface area (Å²) >= 11 is 0. The average Bonchev–Trinajstić information content (AvgIpc) is 2.84. The van der Waals surface area contributed by atoms with E-state index in [-0.39, 0.29) is 11.9 Å². The topological polar surface area (TPSA) is 78.9 Å². The number of nitrogens with one attached hydrogen (secondary N) is 1. The fourth-order valence-corrected chi connectivity index (χ4v) is 3.27. The second-order valence-corrected chi connectivity index (χ2v) is 7.28. The predicted octanol–water partition coefficient (Wildman–Crippen LogP) is 4.96. The molecular formula is C26H30N2O5. The van der Waals surface area contributed by atoms with Gasteiger partial charge in [0.2, 0.25) is 0 Å². The van der Waals surface area contributed by atoms with Crippen molar-refractivity contribution >= 4 is 5.91 Å². The first-order valence-corrected chi connectivity index (χ1v) is 11.0. The lowest BCUT2D eigenvalue weighted by Gasteiger charge is -2.18. The molecule has 3 rings (SSSR count). The normalized spacial score (nSPS) is 11.4. The monoisotopic (exact) mass is 450 g/mol. The summed E-state index contributed by atoms with van der Waals surface area (Å²) < 4.78 is 22.6. The van der Waals surface area contributed by atoms with E-state index in [1.807, 2.05) is 51.1 Å². The van der Waals surface area contributed by atoms with Gasteiger partial charge in [-0.3, -0.25) is 9.78 Å². The first-order chi connectivity index (χ1) is 16.0. The zero-order chi connectivity index (χ0) is 23.6. The van der Waals surface area contributed by atoms with Crippen molar-refractivity contribution in [2.24, 2.45) is 0 Å². The molecule has 0 spiro atoms. The first kappa shape index (κ1) is 23.9. The van der Waals surface area contributed by atoms with Gasteiger partial charge in [0.25, 0.3) is 5.91 Å². The minimum atomic E-state index is -0.237. The molecule has 0 radical (unpaired) electrons. The van der Waals surface area contributed by atoms with E-state index in [0.29, 0.717) is 48.4 Å². The van der Waals surface area contributed by atoms with Gasteiger partial charge in [0, 0.05) is 23.5 Å². The van der Waals surface area contributed by atoms with Crippen molar-refractivity contribution in [2.75, 3.05) is 20.3 Å². The molecule has 174 valence electrons. The summed E-state index contributed by atoms with van der Waals surface area (Å²) in [5.74, 6) is 2.18. The van der Waals surface area contributed by atoms with Crippen LogP contribution in [0.4, 0.5) is 0 Å². The summed E-state index contributed by atoms with van der Waals surface area (Å²) in [5.41, 5.74) is 2.34. The van der Waals surface area contributed by atoms with Gasteiger partial charge >= 0.3 is 0 Å². The molecule has 1 unspecified atom stereocenters. The molecule has 1 amide bonds. The summed E-state index contributed by atoms with van der Waals surface area (Å²) in [4.78, 5) is 17.0. The van der Waals surface area contributed by atoms with Gasteiger partial charge in [-0.15, -0.1) is 0 Å². The minimum absolute atomic E-state index is 0.213. The lowest BCUT2D eigenvalue weighted by molar-refractivity contribution is 0.0939. The number of hydrogen-bond donors (Lipinski definition) is 1. The number of rotatable bonds is 11. The molecule has 0 aliphatic carbocycles. The Balaban J connectivity index is 1.71. The van der Waals surface area contributed by atoms with Gasteiger partial charge in [-0.2, -0.15) is 0 Å². The lowest BCUT2D eigenvalue weighted by atomic mass is 10.1. The van der Waals surface area contributed by atoms with Crippen LogP contribution in [0.15, 0.2) is 60.9 Å². The van der Waals surface area contributed by atoms with Gasteiger partial charge in [-0.25, -0.2) is 0 Å². The Morgan fingerprint density at radius 1 is 0.939 bits per heavy atom. The largest absolute Gasteiger partial charge is 0.493 e. The van der Waals surface area contributed by atoms with Crippen LogP contribution >= 0.6 is 0 Å². The maximum absolute atomic E-state index is 12.9. The Morgan fingerprint density at radius 2 is 1.67 bits per heavy atom. The van der Waals surface area contributed by atoms with Gasteiger partial charge in [0.05, 0.1) is 26.4 Å². The molecule has 0 aliphatic rings. The van der Waals surface area contributed by atoms with Crippen molar-refractivity contribution in [3.63, 3.8) is 0 Å². The zero-order valence-corrected chi connectivity index (χ0v) is 19.5. The van der Waals surface area contributed by atoms with Crippen molar-refractivity contribution in [1.29, 1.82) is 0 Å². The summed E-state index contributed by atoms with van der Waals surface area (Å²) in [6.45, 7) is 7.08. The van der Waals surface area contributed by atoms with Crippen molar-refractivity contribution in [1.82, 2.24) is 10.3 Å². The summed E-state index contributed by atoms with van der Waals surface area (Å²) in [6.07, 6.45) is 3.46. The third-order valence-electron chi connectivity index (χ3n) is 4.96. The smallest absolute Gasteiger partial charge is 0.251 e. The molecule has 0 saturated heterocycles. The highest BCUT2D eigenvalue weighted by Crippen LogP contribution is 2.31. The fourth-order valence-electron chi connectivity index (χ4n) is 3.27. The van der Waals surface area contributed by atoms with Crippen molar-refractivity contribution in [2.45, 2.75) is 33.4 Å². The predicted molar refractivity (Wildman–Crippen MR) is 126 cm³/mol. The van der Waals surface area contributed by atoms with Crippen LogP contribution in [-0.2, 0) is 6.61 Å². The Labute approximate surface area is 194 Å². The van der Waals surface area contributed by atoms with Crippen LogP contribution in [0.25, 0.3) is 0 Å². The quantitative estimate of drug-likeness (QED) is 0.445. The first-order valence-electron chi connectivity index (χ1n) is 11.0. The van der Waals surface area contributed by atoms with Crippen molar-refractivity contribution in [3.8, 4) is 23.0 Å². The molecule has 2 aromatic carbocycles. The van der Waals surface area contributed by atoms with Crippen molar-refractivity contribution < 1.29 is 23.7 Å².